The van der Waals surface area contributed by atoms with E-state index < -0.39 is 11.9 Å². The number of carboxylic acids is 1. The molecule has 146 valence electrons. The van der Waals surface area contributed by atoms with E-state index in [2.05, 4.69) is 0 Å². The van der Waals surface area contributed by atoms with E-state index in [1.165, 1.54) is 11.3 Å². The molecule has 1 N–H and O–H groups in total. The van der Waals surface area contributed by atoms with Crippen molar-refractivity contribution in [1.82, 2.24) is 0 Å². The number of benzene rings is 2. The van der Waals surface area contributed by atoms with Gasteiger partial charge in [-0.2, -0.15) is 0 Å². The molecule has 1 aromatic heterocycles. The van der Waals surface area contributed by atoms with Crippen LogP contribution in [0.25, 0.3) is 0 Å². The quantitative estimate of drug-likeness (QED) is 0.505. The highest BCUT2D eigenvalue weighted by Gasteiger charge is 2.22. The first-order chi connectivity index (χ1) is 13.7. The minimum Gasteiger partial charge on any atom is -0.493 e. The second kappa shape index (κ2) is 9.80. The van der Waals surface area contributed by atoms with Gasteiger partial charge < -0.3 is 19.3 Å². The van der Waals surface area contributed by atoms with Gasteiger partial charge in [0.25, 0.3) is 0 Å². The van der Waals surface area contributed by atoms with Crippen molar-refractivity contribution in [3.63, 3.8) is 0 Å². The Morgan fingerprint density at radius 3 is 2.21 bits per heavy atom. The molecule has 2 aromatic carbocycles. The largest absolute Gasteiger partial charge is 0.493 e. The average Bonchev–Trinajstić information content (AvgIpc) is 3.24. The third-order valence-electron chi connectivity index (χ3n) is 4.25. The van der Waals surface area contributed by atoms with Crippen molar-refractivity contribution in [2.45, 2.75) is 12.3 Å². The summed E-state index contributed by atoms with van der Waals surface area (Å²) in [6, 6.07) is 18.7. The predicted octanol–water partition coefficient (Wildman–Crippen LogP) is 4.63. The van der Waals surface area contributed by atoms with Crippen molar-refractivity contribution in [2.24, 2.45) is 0 Å². The Morgan fingerprint density at radius 1 is 0.929 bits per heavy atom. The van der Waals surface area contributed by atoms with E-state index in [1.807, 2.05) is 66.0 Å². The molecule has 28 heavy (non-hydrogen) atoms. The highest BCUT2D eigenvalue weighted by Crippen LogP contribution is 2.30. The van der Waals surface area contributed by atoms with E-state index in [9.17, 15) is 9.90 Å². The maximum absolute atomic E-state index is 11.7. The van der Waals surface area contributed by atoms with E-state index >= 15 is 0 Å². The predicted molar refractivity (Wildman–Crippen MR) is 109 cm³/mol. The summed E-state index contributed by atoms with van der Waals surface area (Å²) in [5.41, 5.74) is 0.862. The fraction of sp³-hybridized carbons (Fsp3) is 0.227. The van der Waals surface area contributed by atoms with Crippen molar-refractivity contribution in [3.8, 4) is 17.2 Å². The van der Waals surface area contributed by atoms with Gasteiger partial charge in [-0.1, -0.05) is 36.4 Å². The van der Waals surface area contributed by atoms with Gasteiger partial charge in [-0.3, -0.25) is 4.79 Å². The van der Waals surface area contributed by atoms with E-state index in [1.54, 1.807) is 7.11 Å². The zero-order chi connectivity index (χ0) is 19.8. The number of hydrogen-bond acceptors (Lipinski definition) is 5. The molecular weight excluding hydrogens is 376 g/mol. The topological polar surface area (TPSA) is 65.0 Å². The van der Waals surface area contributed by atoms with E-state index in [0.29, 0.717) is 36.9 Å². The second-order valence-corrected chi connectivity index (χ2v) is 7.05. The molecule has 0 spiro atoms. The third kappa shape index (κ3) is 5.04. The molecular formula is C22H22O5S. The minimum atomic E-state index is -0.836. The summed E-state index contributed by atoms with van der Waals surface area (Å²) in [5.74, 6) is 0.578. The highest BCUT2D eigenvalue weighted by molar-refractivity contribution is 7.10. The molecule has 1 atom stereocenters. The van der Waals surface area contributed by atoms with Gasteiger partial charge in [-0.15, -0.1) is 11.3 Å². The van der Waals surface area contributed by atoms with Crippen molar-refractivity contribution in [2.75, 3.05) is 20.3 Å². The molecule has 1 heterocycles. The molecule has 0 amide bonds. The van der Waals surface area contributed by atoms with Gasteiger partial charge in [-0.25, -0.2) is 0 Å². The van der Waals surface area contributed by atoms with Crippen LogP contribution in [0.1, 0.15) is 16.4 Å². The number of methoxy groups -OCH3 is 1. The van der Waals surface area contributed by atoms with Gasteiger partial charge in [0.15, 0.2) is 11.5 Å². The highest BCUT2D eigenvalue weighted by atomic mass is 32.1. The van der Waals surface area contributed by atoms with Gasteiger partial charge in [0.05, 0.1) is 13.0 Å². The first-order valence-electron chi connectivity index (χ1n) is 8.91. The van der Waals surface area contributed by atoms with Gasteiger partial charge >= 0.3 is 5.97 Å². The lowest BCUT2D eigenvalue weighted by molar-refractivity contribution is -0.138. The molecule has 0 aliphatic carbocycles. The Kier molecular flexibility index (Phi) is 6.92. The summed E-state index contributed by atoms with van der Waals surface area (Å²) in [6.45, 7) is 0.688. The zero-order valence-corrected chi connectivity index (χ0v) is 16.4. The summed E-state index contributed by atoms with van der Waals surface area (Å²) in [5, 5.41) is 11.5. The maximum atomic E-state index is 11.7. The number of thiophene rings is 1. The molecule has 3 aromatic rings. The van der Waals surface area contributed by atoms with E-state index in [0.717, 1.165) is 10.4 Å². The Balaban J connectivity index is 1.61. The van der Waals surface area contributed by atoms with Crippen molar-refractivity contribution < 1.29 is 24.1 Å². The van der Waals surface area contributed by atoms with Gasteiger partial charge in [-0.05, 0) is 41.6 Å². The van der Waals surface area contributed by atoms with Crippen LogP contribution in [0.2, 0.25) is 0 Å². The average molecular weight is 398 g/mol. The Bertz CT molecular complexity index is 891. The number of rotatable bonds is 10. The van der Waals surface area contributed by atoms with Crippen LogP contribution in [-0.4, -0.2) is 31.4 Å². The lowest BCUT2D eigenvalue weighted by atomic mass is 9.97. The number of carboxylic acid groups (broad SMARTS) is 1. The van der Waals surface area contributed by atoms with Crippen LogP contribution in [0.3, 0.4) is 0 Å². The van der Waals surface area contributed by atoms with E-state index in [-0.39, 0.29) is 0 Å². The number of aliphatic carboxylic acids is 1. The molecule has 1 unspecified atom stereocenters. The van der Waals surface area contributed by atoms with Crippen LogP contribution >= 0.6 is 11.3 Å². The number of para-hydroxylation sites is 3. The molecule has 6 heteroatoms. The van der Waals surface area contributed by atoms with Crippen LogP contribution in [0.4, 0.5) is 0 Å². The summed E-state index contributed by atoms with van der Waals surface area (Å²) in [6.07, 6.45) is 0.374. The standard InChI is InChI=1S/C22H22O5S/c1-25-19-9-4-5-10-20(19)27-13-12-26-18-8-3-2-7-16(18)15-17(22(23)24)21-11-6-14-28-21/h2-11,14,17H,12-13,15H2,1H3,(H,23,24). The van der Waals surface area contributed by atoms with Crippen LogP contribution in [-0.2, 0) is 11.2 Å². The van der Waals surface area contributed by atoms with Crippen LogP contribution < -0.4 is 14.2 Å². The Morgan fingerprint density at radius 2 is 1.57 bits per heavy atom. The van der Waals surface area contributed by atoms with Gasteiger partial charge in [0.2, 0.25) is 0 Å². The first kappa shape index (κ1) is 19.8. The van der Waals surface area contributed by atoms with Crippen LogP contribution in [0.5, 0.6) is 17.2 Å². The fourth-order valence-electron chi connectivity index (χ4n) is 2.87. The lowest BCUT2D eigenvalue weighted by Crippen LogP contribution is -2.15. The molecule has 0 saturated heterocycles. The smallest absolute Gasteiger partial charge is 0.312 e. The summed E-state index contributed by atoms with van der Waals surface area (Å²) in [4.78, 5) is 12.6. The Labute approximate surface area is 168 Å². The molecule has 0 aliphatic heterocycles. The van der Waals surface area contributed by atoms with Crippen LogP contribution in [0, 0.1) is 0 Å². The van der Waals surface area contributed by atoms with Crippen molar-refractivity contribution in [3.05, 3.63) is 76.5 Å². The molecule has 0 saturated carbocycles. The first-order valence-corrected chi connectivity index (χ1v) is 9.79. The second-order valence-electron chi connectivity index (χ2n) is 6.07. The fourth-order valence-corrected chi connectivity index (χ4v) is 3.69. The maximum Gasteiger partial charge on any atom is 0.312 e. The lowest BCUT2D eigenvalue weighted by Gasteiger charge is -2.15. The summed E-state index contributed by atoms with van der Waals surface area (Å²) >= 11 is 1.45. The van der Waals surface area contributed by atoms with Gasteiger partial charge in [0, 0.05) is 4.88 Å². The molecule has 0 radical (unpaired) electrons. The van der Waals surface area contributed by atoms with Gasteiger partial charge in [0.1, 0.15) is 19.0 Å². The van der Waals surface area contributed by atoms with Crippen LogP contribution in [0.15, 0.2) is 66.0 Å². The summed E-state index contributed by atoms with van der Waals surface area (Å²) in [7, 11) is 1.60. The zero-order valence-electron chi connectivity index (χ0n) is 15.5. The monoisotopic (exact) mass is 398 g/mol. The molecule has 0 aliphatic rings. The number of ether oxygens (including phenoxy) is 3. The normalized spacial score (nSPS) is 11.6. The molecule has 5 nitrogen and oxygen atoms in total. The van der Waals surface area contributed by atoms with Crippen molar-refractivity contribution in [1.29, 1.82) is 0 Å². The minimum absolute atomic E-state index is 0.339. The SMILES string of the molecule is COc1ccccc1OCCOc1ccccc1CC(C(=O)O)c1cccs1. The Hall–Kier alpha value is -2.99. The number of carbonyl (C=O) groups is 1. The molecule has 0 bridgehead atoms. The van der Waals surface area contributed by atoms with Crippen molar-refractivity contribution >= 4 is 17.3 Å². The summed E-state index contributed by atoms with van der Waals surface area (Å²) < 4.78 is 16.9. The molecule has 0 fully saturated rings. The third-order valence-corrected chi connectivity index (χ3v) is 5.23. The molecule has 3 rings (SSSR count). The van der Waals surface area contributed by atoms with E-state index in [4.69, 9.17) is 14.2 Å². The number of hydrogen-bond donors (Lipinski definition) is 1.